The molecule has 1 aliphatic rings. The van der Waals surface area contributed by atoms with Crippen LogP contribution < -0.4 is 5.32 Å². The molecule has 1 N–H and O–H groups in total. The Morgan fingerprint density at radius 3 is 2.50 bits per heavy atom. The normalized spacial score (nSPS) is 14.6. The van der Waals surface area contributed by atoms with Gasteiger partial charge in [0, 0.05) is 19.6 Å². The van der Waals surface area contributed by atoms with Gasteiger partial charge in [0.1, 0.15) is 0 Å². The summed E-state index contributed by atoms with van der Waals surface area (Å²) in [6.07, 6.45) is 1.52. The molecule has 0 unspecified atom stereocenters. The molecule has 4 rings (SSSR count). The third-order valence-corrected chi connectivity index (χ3v) is 6.71. The molecule has 9 nitrogen and oxygen atoms in total. The molecule has 0 saturated carbocycles. The molecule has 3 aromatic rings. The Balaban J connectivity index is 1.35. The number of hydrogen-bond acceptors (Lipinski definition) is 6. The Bertz CT molecular complexity index is 1190. The van der Waals surface area contributed by atoms with E-state index < -0.39 is 10.0 Å². The van der Waals surface area contributed by atoms with Gasteiger partial charge in [-0.1, -0.05) is 35.5 Å². The van der Waals surface area contributed by atoms with Crippen LogP contribution in [-0.2, 0) is 16.6 Å². The van der Waals surface area contributed by atoms with E-state index >= 15 is 0 Å². The van der Waals surface area contributed by atoms with Gasteiger partial charge in [0.25, 0.3) is 5.91 Å². The average Bonchev–Trinajstić information content (AvgIpc) is 3.21. The summed E-state index contributed by atoms with van der Waals surface area (Å²) in [5.41, 5.74) is 1.55. The summed E-state index contributed by atoms with van der Waals surface area (Å²) < 4.78 is 28.2. The van der Waals surface area contributed by atoms with Crippen LogP contribution in [0.3, 0.4) is 0 Å². The lowest BCUT2D eigenvalue weighted by Crippen LogP contribution is -2.50. The van der Waals surface area contributed by atoms with Crippen molar-refractivity contribution in [2.75, 3.05) is 13.1 Å². The molecule has 1 amide bonds. The van der Waals surface area contributed by atoms with Gasteiger partial charge in [-0.05, 0) is 29.8 Å². The number of carbonyl (C=O) groups is 1. The highest BCUT2D eigenvalue weighted by Crippen LogP contribution is 2.27. The summed E-state index contributed by atoms with van der Waals surface area (Å²) in [5.74, 6) is -0.341. The minimum atomic E-state index is -3.63. The van der Waals surface area contributed by atoms with Gasteiger partial charge in [0.2, 0.25) is 10.0 Å². The summed E-state index contributed by atoms with van der Waals surface area (Å²) in [6, 6.07) is 17.1. The Morgan fingerprint density at radius 1 is 1.13 bits per heavy atom. The van der Waals surface area contributed by atoms with Gasteiger partial charge < -0.3 is 5.32 Å². The fraction of sp³-hybridized carbons (Fsp3) is 0.200. The van der Waals surface area contributed by atoms with Gasteiger partial charge >= 0.3 is 0 Å². The van der Waals surface area contributed by atoms with Crippen LogP contribution in [-0.4, -0.2) is 46.7 Å². The van der Waals surface area contributed by atoms with Crippen LogP contribution in [0.4, 0.5) is 0 Å². The molecule has 2 heterocycles. The molecule has 1 aromatic heterocycles. The first kappa shape index (κ1) is 19.8. The number of carbonyl (C=O) groups excluding carboxylic acids is 1. The van der Waals surface area contributed by atoms with E-state index in [4.69, 9.17) is 5.26 Å². The van der Waals surface area contributed by atoms with E-state index in [0.29, 0.717) is 12.1 Å². The third kappa shape index (κ3) is 3.94. The number of hydrogen-bond donors (Lipinski definition) is 1. The van der Waals surface area contributed by atoms with Gasteiger partial charge in [-0.2, -0.15) is 9.57 Å². The van der Waals surface area contributed by atoms with Gasteiger partial charge in [0.15, 0.2) is 5.69 Å². The maximum absolute atomic E-state index is 12.7. The lowest BCUT2D eigenvalue weighted by atomic mass is 10.2. The highest BCUT2D eigenvalue weighted by atomic mass is 32.2. The monoisotopic (exact) mass is 422 g/mol. The summed E-state index contributed by atoms with van der Waals surface area (Å²) >= 11 is 0. The van der Waals surface area contributed by atoms with E-state index in [1.807, 2.05) is 36.4 Å². The highest BCUT2D eigenvalue weighted by molar-refractivity contribution is 7.89. The van der Waals surface area contributed by atoms with Crippen molar-refractivity contribution < 1.29 is 13.2 Å². The Labute approximate surface area is 173 Å². The Kier molecular flexibility index (Phi) is 5.31. The number of nitriles is 1. The number of sulfonamides is 1. The topological polar surface area (TPSA) is 121 Å². The first-order chi connectivity index (χ1) is 14.5. The van der Waals surface area contributed by atoms with Crippen molar-refractivity contribution in [3.05, 3.63) is 77.6 Å². The molecule has 0 radical (unpaired) electrons. The maximum atomic E-state index is 12.7. The third-order valence-electron chi connectivity index (χ3n) is 4.86. The Hall–Kier alpha value is -3.55. The van der Waals surface area contributed by atoms with Gasteiger partial charge in [-0.25, -0.2) is 13.1 Å². The average molecular weight is 422 g/mol. The number of rotatable bonds is 6. The minimum absolute atomic E-state index is 0.138. The van der Waals surface area contributed by atoms with Crippen molar-refractivity contribution in [3.8, 4) is 6.07 Å². The van der Waals surface area contributed by atoms with Gasteiger partial charge in [-0.3, -0.25) is 4.79 Å². The van der Waals surface area contributed by atoms with Crippen LogP contribution >= 0.6 is 0 Å². The zero-order valence-electron chi connectivity index (χ0n) is 15.8. The predicted molar refractivity (Wildman–Crippen MR) is 107 cm³/mol. The highest BCUT2D eigenvalue weighted by Gasteiger charge is 2.38. The fourth-order valence-corrected chi connectivity index (χ4v) is 4.57. The summed E-state index contributed by atoms with van der Waals surface area (Å²) in [6.45, 7) is 0.847. The van der Waals surface area contributed by atoms with Crippen LogP contribution in [0, 0.1) is 11.3 Å². The van der Waals surface area contributed by atoms with Crippen molar-refractivity contribution in [1.29, 1.82) is 5.26 Å². The molecular weight excluding hydrogens is 404 g/mol. The fourth-order valence-electron chi connectivity index (χ4n) is 3.06. The van der Waals surface area contributed by atoms with E-state index in [1.165, 1.54) is 39.4 Å². The number of nitrogens with one attached hydrogen (secondary N) is 1. The lowest BCUT2D eigenvalue weighted by molar-refractivity contribution is 0.0945. The van der Waals surface area contributed by atoms with Gasteiger partial charge in [-0.15, -0.1) is 5.10 Å². The summed E-state index contributed by atoms with van der Waals surface area (Å²) in [4.78, 5) is 12.4. The number of nitrogens with zero attached hydrogens (tertiary/aromatic N) is 5. The van der Waals surface area contributed by atoms with Crippen LogP contribution in [0.25, 0.3) is 0 Å². The van der Waals surface area contributed by atoms with Crippen LogP contribution in [0.1, 0.15) is 27.7 Å². The van der Waals surface area contributed by atoms with E-state index in [2.05, 4.69) is 15.6 Å². The molecule has 2 aromatic carbocycles. The molecule has 0 atom stereocenters. The number of aromatic nitrogens is 3. The number of benzene rings is 2. The van der Waals surface area contributed by atoms with Crippen LogP contribution in [0.5, 0.6) is 0 Å². The second kappa shape index (κ2) is 8.06. The standard InChI is InChI=1S/C20H18N6O3S/c21-10-15-6-8-18(9-7-15)30(28,29)25-12-17(13-25)26-14-19(23-24-26)20(27)22-11-16-4-2-1-3-5-16/h1-9,14,17H,11-13H2,(H,22,27). The van der Waals surface area contributed by atoms with Crippen molar-refractivity contribution >= 4 is 15.9 Å². The molecule has 0 bridgehead atoms. The van der Waals surface area contributed by atoms with Crippen LogP contribution in [0.2, 0.25) is 0 Å². The van der Waals surface area contributed by atoms with Crippen molar-refractivity contribution in [2.45, 2.75) is 17.5 Å². The van der Waals surface area contributed by atoms with E-state index in [1.54, 1.807) is 0 Å². The summed E-state index contributed by atoms with van der Waals surface area (Å²) in [7, 11) is -3.63. The molecule has 1 aliphatic heterocycles. The summed E-state index contributed by atoms with van der Waals surface area (Å²) in [5, 5.41) is 19.5. The molecule has 30 heavy (non-hydrogen) atoms. The number of amides is 1. The van der Waals surface area contributed by atoms with E-state index in [-0.39, 0.29) is 35.6 Å². The van der Waals surface area contributed by atoms with Gasteiger partial charge in [0.05, 0.1) is 28.8 Å². The lowest BCUT2D eigenvalue weighted by Gasteiger charge is -2.37. The second-order valence-corrected chi connectivity index (χ2v) is 8.80. The second-order valence-electron chi connectivity index (χ2n) is 6.86. The minimum Gasteiger partial charge on any atom is -0.347 e. The molecule has 10 heteroatoms. The molecular formula is C20H18N6O3S. The largest absolute Gasteiger partial charge is 0.347 e. The molecule has 0 spiro atoms. The first-order valence-electron chi connectivity index (χ1n) is 9.21. The maximum Gasteiger partial charge on any atom is 0.273 e. The van der Waals surface area contributed by atoms with Crippen LogP contribution in [0.15, 0.2) is 65.7 Å². The van der Waals surface area contributed by atoms with E-state index in [0.717, 1.165) is 5.56 Å². The molecule has 1 fully saturated rings. The first-order valence-corrected chi connectivity index (χ1v) is 10.7. The quantitative estimate of drug-likeness (QED) is 0.640. The molecule has 152 valence electrons. The van der Waals surface area contributed by atoms with E-state index in [9.17, 15) is 13.2 Å². The predicted octanol–water partition coefficient (Wildman–Crippen LogP) is 1.33. The molecule has 1 saturated heterocycles. The zero-order chi connectivity index (χ0) is 21.1. The van der Waals surface area contributed by atoms with Crippen molar-refractivity contribution in [3.63, 3.8) is 0 Å². The smallest absolute Gasteiger partial charge is 0.273 e. The molecule has 0 aliphatic carbocycles. The zero-order valence-corrected chi connectivity index (χ0v) is 16.7. The SMILES string of the molecule is N#Cc1ccc(S(=O)(=O)N2CC(n3cc(C(=O)NCc4ccccc4)nn3)C2)cc1. The Morgan fingerprint density at radius 2 is 1.83 bits per heavy atom. The van der Waals surface area contributed by atoms with Crippen molar-refractivity contribution in [2.24, 2.45) is 0 Å². The van der Waals surface area contributed by atoms with Crippen molar-refractivity contribution in [1.82, 2.24) is 24.6 Å².